The van der Waals surface area contributed by atoms with Gasteiger partial charge < -0.3 is 19.7 Å². The van der Waals surface area contributed by atoms with Crippen LogP contribution >= 0.6 is 0 Å². The minimum Gasteiger partial charge on any atom is -0.493 e. The molecule has 2 N–H and O–H groups in total. The summed E-state index contributed by atoms with van der Waals surface area (Å²) in [6, 6.07) is 27.3. The molecule has 6 rings (SSSR count). The van der Waals surface area contributed by atoms with Crippen molar-refractivity contribution in [2.24, 2.45) is 0 Å². The van der Waals surface area contributed by atoms with Gasteiger partial charge in [0.25, 0.3) is 5.82 Å². The highest BCUT2D eigenvalue weighted by atomic mass is 16.5. The molecule has 0 bridgehead atoms. The molecule has 0 saturated carbocycles. The van der Waals surface area contributed by atoms with Crippen molar-refractivity contribution in [3.8, 4) is 45.0 Å². The first-order valence-corrected chi connectivity index (χ1v) is 13.8. The molecular formula is C35H35N2O4+. The van der Waals surface area contributed by atoms with E-state index in [-0.39, 0.29) is 13.2 Å². The number of anilines is 1. The number of pyridine rings is 1. The Kier molecular flexibility index (Phi) is 7.12. The maximum absolute atomic E-state index is 10.0. The van der Waals surface area contributed by atoms with Crippen molar-refractivity contribution >= 4 is 16.6 Å². The predicted octanol–water partition coefficient (Wildman–Crippen LogP) is 5.75. The molecule has 1 aliphatic rings. The molecule has 0 radical (unpaired) electrons. The Morgan fingerprint density at radius 1 is 0.732 bits per heavy atom. The lowest BCUT2D eigenvalue weighted by Gasteiger charge is -2.27. The van der Waals surface area contributed by atoms with E-state index in [1.165, 1.54) is 5.56 Å². The second-order valence-corrected chi connectivity index (χ2v) is 10.6. The summed E-state index contributed by atoms with van der Waals surface area (Å²) in [5.41, 5.74) is 9.11. The van der Waals surface area contributed by atoms with E-state index in [1.807, 2.05) is 32.3 Å². The molecule has 0 spiro atoms. The van der Waals surface area contributed by atoms with E-state index in [0.29, 0.717) is 0 Å². The van der Waals surface area contributed by atoms with E-state index in [2.05, 4.69) is 70.1 Å². The Balaban J connectivity index is 1.59. The highest BCUT2D eigenvalue weighted by molar-refractivity contribution is 5.95. The topological polar surface area (TPSA) is 66.0 Å². The van der Waals surface area contributed by atoms with Crippen LogP contribution in [0.1, 0.15) is 16.7 Å². The van der Waals surface area contributed by atoms with Crippen LogP contribution in [0.25, 0.3) is 44.3 Å². The van der Waals surface area contributed by atoms with E-state index in [1.54, 1.807) is 14.2 Å². The van der Waals surface area contributed by atoms with Gasteiger partial charge in [-0.25, -0.2) is 4.57 Å². The van der Waals surface area contributed by atoms with Crippen LogP contribution in [-0.4, -0.2) is 38.5 Å². The molecule has 0 atom stereocenters. The minimum absolute atomic E-state index is 0.118. The van der Waals surface area contributed by atoms with Crippen molar-refractivity contribution in [3.63, 3.8) is 0 Å². The first-order chi connectivity index (χ1) is 20.0. The van der Waals surface area contributed by atoms with Gasteiger partial charge in [0.15, 0.2) is 11.5 Å². The summed E-state index contributed by atoms with van der Waals surface area (Å²) in [5, 5.41) is 22.0. The number of fused-ring (bicyclic) bond motifs is 4. The summed E-state index contributed by atoms with van der Waals surface area (Å²) < 4.78 is 14.4. The van der Waals surface area contributed by atoms with Gasteiger partial charge in [-0.3, -0.25) is 4.90 Å². The molecule has 1 aliphatic heterocycles. The lowest BCUT2D eigenvalue weighted by Crippen LogP contribution is -2.45. The molecule has 41 heavy (non-hydrogen) atoms. The van der Waals surface area contributed by atoms with Crippen LogP contribution in [0, 0.1) is 0 Å². The molecule has 6 heteroatoms. The molecule has 0 saturated heterocycles. The zero-order chi connectivity index (χ0) is 28.7. The molecule has 2 heterocycles. The number of ether oxygens (including phenoxy) is 2. The monoisotopic (exact) mass is 547 g/mol. The lowest BCUT2D eigenvalue weighted by atomic mass is 9.89. The van der Waals surface area contributed by atoms with Gasteiger partial charge in [0.2, 0.25) is 0 Å². The zero-order valence-corrected chi connectivity index (χ0v) is 23.9. The van der Waals surface area contributed by atoms with Crippen molar-refractivity contribution < 1.29 is 24.3 Å². The molecule has 0 unspecified atom stereocenters. The average molecular weight is 548 g/mol. The van der Waals surface area contributed by atoms with Gasteiger partial charge in [0.05, 0.1) is 53.5 Å². The first kappa shape index (κ1) is 26.8. The Morgan fingerprint density at radius 3 is 2.00 bits per heavy atom. The molecule has 4 aromatic carbocycles. The van der Waals surface area contributed by atoms with Crippen LogP contribution in [0.2, 0.25) is 0 Å². The van der Waals surface area contributed by atoms with Gasteiger partial charge in [0.1, 0.15) is 5.69 Å². The molecule has 1 aromatic heterocycles. The van der Waals surface area contributed by atoms with Gasteiger partial charge in [-0.05, 0) is 57.5 Å². The van der Waals surface area contributed by atoms with Gasteiger partial charge in [0, 0.05) is 23.1 Å². The number of benzene rings is 4. The van der Waals surface area contributed by atoms with Crippen LogP contribution in [-0.2, 0) is 26.2 Å². The first-order valence-electron chi connectivity index (χ1n) is 13.8. The molecule has 6 nitrogen and oxygen atoms in total. The van der Waals surface area contributed by atoms with Crippen molar-refractivity contribution in [2.45, 2.75) is 26.2 Å². The fraction of sp³-hybridized carbons (Fsp3) is 0.229. The summed E-state index contributed by atoms with van der Waals surface area (Å²) >= 11 is 0. The Labute approximate surface area is 240 Å². The smallest absolute Gasteiger partial charge is 0.284 e. The van der Waals surface area contributed by atoms with Crippen LogP contribution in [0.4, 0.5) is 5.82 Å². The summed E-state index contributed by atoms with van der Waals surface area (Å²) in [6.45, 7) is 0.525. The Morgan fingerprint density at radius 2 is 1.37 bits per heavy atom. The second kappa shape index (κ2) is 10.9. The Bertz CT molecular complexity index is 1750. The van der Waals surface area contributed by atoms with E-state index in [9.17, 15) is 10.2 Å². The average Bonchev–Trinajstić information content (AvgIpc) is 3.02. The van der Waals surface area contributed by atoms with Crippen LogP contribution in [0.5, 0.6) is 11.5 Å². The third-order valence-corrected chi connectivity index (χ3v) is 8.13. The maximum atomic E-state index is 10.0. The number of aliphatic hydroxyl groups excluding tert-OH is 2. The number of hydrogen-bond acceptors (Lipinski definition) is 5. The quantitative estimate of drug-likeness (QED) is 0.254. The minimum atomic E-state index is -0.127. The number of hydrogen-bond donors (Lipinski definition) is 2. The predicted molar refractivity (Wildman–Crippen MR) is 163 cm³/mol. The number of aliphatic hydroxyl groups is 2. The molecular weight excluding hydrogens is 512 g/mol. The van der Waals surface area contributed by atoms with E-state index in [4.69, 9.17) is 9.47 Å². The molecule has 0 amide bonds. The summed E-state index contributed by atoms with van der Waals surface area (Å²) in [7, 11) is 7.50. The SMILES string of the molecule is COc1c(-c2ccc(-c3ccccc3)cc2)cc2c(c1OC)CC[n+]1c-2cc2cc(CO)c(CO)cc2c1N(C)C. The molecule has 0 fully saturated rings. The fourth-order valence-corrected chi connectivity index (χ4v) is 6.22. The van der Waals surface area contributed by atoms with Crippen molar-refractivity contribution in [1.29, 1.82) is 0 Å². The number of methoxy groups -OCH3 is 2. The van der Waals surface area contributed by atoms with E-state index < -0.39 is 0 Å². The Hall–Kier alpha value is -4.39. The van der Waals surface area contributed by atoms with E-state index >= 15 is 0 Å². The normalized spacial score (nSPS) is 12.1. The standard InChI is InChI=1S/C35H35N2O4/c1-36(2)35-30-17-27(21-39)26(20-38)16-25(30)18-32-31-19-29(34(41-4)33(40-3)28(31)14-15-37(32)35)24-12-10-23(11-13-24)22-8-6-5-7-9-22/h5-13,16-19,38-39H,14-15,20-21H2,1-4H3/q+1. The van der Waals surface area contributed by atoms with Gasteiger partial charge in [-0.1, -0.05) is 54.6 Å². The van der Waals surface area contributed by atoms with Crippen LogP contribution in [0.3, 0.4) is 0 Å². The molecule has 5 aromatic rings. The van der Waals surface area contributed by atoms with Gasteiger partial charge in [-0.15, -0.1) is 0 Å². The molecule has 0 aliphatic carbocycles. The third kappa shape index (κ3) is 4.49. The number of aromatic nitrogens is 1. The summed E-state index contributed by atoms with van der Waals surface area (Å²) in [5.74, 6) is 2.55. The zero-order valence-electron chi connectivity index (χ0n) is 23.9. The fourth-order valence-electron chi connectivity index (χ4n) is 6.22. The van der Waals surface area contributed by atoms with Crippen molar-refractivity contribution in [1.82, 2.24) is 0 Å². The highest BCUT2D eigenvalue weighted by Gasteiger charge is 2.32. The number of nitrogens with zero attached hydrogens (tertiary/aromatic N) is 2. The third-order valence-electron chi connectivity index (χ3n) is 8.13. The summed E-state index contributed by atoms with van der Waals surface area (Å²) in [6.07, 6.45) is 0.785. The van der Waals surface area contributed by atoms with E-state index in [0.717, 1.165) is 85.7 Å². The number of rotatable bonds is 7. The van der Waals surface area contributed by atoms with Crippen molar-refractivity contribution in [2.75, 3.05) is 33.2 Å². The van der Waals surface area contributed by atoms with Crippen LogP contribution in [0.15, 0.2) is 78.9 Å². The maximum Gasteiger partial charge on any atom is 0.284 e. The van der Waals surface area contributed by atoms with Gasteiger partial charge in [-0.2, -0.15) is 0 Å². The summed E-state index contributed by atoms with van der Waals surface area (Å²) in [4.78, 5) is 2.13. The van der Waals surface area contributed by atoms with Crippen LogP contribution < -0.4 is 18.9 Å². The lowest BCUT2D eigenvalue weighted by molar-refractivity contribution is -0.674. The van der Waals surface area contributed by atoms with Gasteiger partial charge >= 0.3 is 0 Å². The van der Waals surface area contributed by atoms with Crippen molar-refractivity contribution in [3.05, 3.63) is 95.6 Å². The largest absolute Gasteiger partial charge is 0.493 e. The molecule has 208 valence electrons. The second-order valence-electron chi connectivity index (χ2n) is 10.6. The highest BCUT2D eigenvalue weighted by Crippen LogP contribution is 2.47.